The van der Waals surface area contributed by atoms with Gasteiger partial charge < -0.3 is 26.8 Å². The van der Waals surface area contributed by atoms with Crippen LogP contribution in [0.2, 0.25) is 0 Å². The first kappa shape index (κ1) is 22.8. The van der Waals surface area contributed by atoms with Crippen molar-refractivity contribution in [2.45, 2.75) is 52.6 Å². The average molecular weight is 358 g/mol. The molecule has 0 saturated heterocycles. The maximum absolute atomic E-state index is 11.7. The van der Waals surface area contributed by atoms with E-state index in [0.29, 0.717) is 12.8 Å². The molecule has 0 bridgehead atoms. The molecule has 0 aromatic carbocycles. The van der Waals surface area contributed by atoms with E-state index in [4.69, 9.17) is 10.8 Å². The Balaban J connectivity index is 4.17. The van der Waals surface area contributed by atoms with Crippen molar-refractivity contribution >= 4 is 23.7 Å². The van der Waals surface area contributed by atoms with Crippen molar-refractivity contribution in [3.8, 4) is 0 Å². The minimum atomic E-state index is -1.13. The number of carboxylic acids is 1. The van der Waals surface area contributed by atoms with Crippen LogP contribution >= 0.6 is 0 Å². The molecule has 0 aromatic heterocycles. The molecule has 0 aliphatic carbocycles. The molecule has 9 heteroatoms. The molecular weight excluding hydrogens is 328 g/mol. The van der Waals surface area contributed by atoms with E-state index in [9.17, 15) is 19.2 Å². The maximum atomic E-state index is 11.7. The van der Waals surface area contributed by atoms with Gasteiger partial charge in [-0.2, -0.15) is 0 Å². The van der Waals surface area contributed by atoms with Gasteiger partial charge in [-0.25, -0.2) is 4.79 Å². The number of amides is 3. The minimum absolute atomic E-state index is 0.0984. The molecule has 0 fully saturated rings. The van der Waals surface area contributed by atoms with Crippen molar-refractivity contribution in [1.82, 2.24) is 16.0 Å². The molecule has 6 N–H and O–H groups in total. The van der Waals surface area contributed by atoms with Crippen LogP contribution in [0.4, 0.5) is 0 Å². The van der Waals surface area contributed by atoms with Crippen molar-refractivity contribution in [2.75, 3.05) is 13.1 Å². The van der Waals surface area contributed by atoms with Crippen LogP contribution in [0, 0.1) is 11.8 Å². The summed E-state index contributed by atoms with van der Waals surface area (Å²) in [6.07, 6.45) is 0.793. The van der Waals surface area contributed by atoms with E-state index in [-0.39, 0.29) is 24.9 Å². The van der Waals surface area contributed by atoms with Gasteiger partial charge in [0.2, 0.25) is 17.7 Å². The molecule has 0 saturated carbocycles. The number of hydrogen-bond acceptors (Lipinski definition) is 5. The zero-order chi connectivity index (χ0) is 19.6. The number of carbonyl (C=O) groups is 4. The Morgan fingerprint density at radius 3 is 1.88 bits per heavy atom. The van der Waals surface area contributed by atoms with Crippen molar-refractivity contribution in [2.24, 2.45) is 17.6 Å². The first-order chi connectivity index (χ1) is 11.5. The number of aliphatic carboxylic acids is 1. The topological polar surface area (TPSA) is 151 Å². The van der Waals surface area contributed by atoms with Crippen LogP contribution in [0.5, 0.6) is 0 Å². The number of carboxylic acid groups (broad SMARTS) is 1. The molecule has 2 unspecified atom stereocenters. The molecule has 0 aromatic rings. The van der Waals surface area contributed by atoms with Gasteiger partial charge in [0.15, 0.2) is 0 Å². The number of carbonyl (C=O) groups excluding carboxylic acids is 3. The van der Waals surface area contributed by atoms with Gasteiger partial charge in [-0.15, -0.1) is 0 Å². The SMILES string of the molecule is CC(C)CC(N)C(=O)NCC(=O)NCC(=O)NC(CC(C)C)C(=O)O. The maximum Gasteiger partial charge on any atom is 0.326 e. The Labute approximate surface area is 148 Å². The lowest BCUT2D eigenvalue weighted by molar-refractivity contribution is -0.142. The largest absolute Gasteiger partial charge is 0.480 e. The summed E-state index contributed by atoms with van der Waals surface area (Å²) in [5.74, 6) is -2.37. The van der Waals surface area contributed by atoms with Crippen LogP contribution in [-0.4, -0.2) is 54.0 Å². The molecule has 144 valence electrons. The van der Waals surface area contributed by atoms with Crippen LogP contribution < -0.4 is 21.7 Å². The fourth-order valence-corrected chi connectivity index (χ4v) is 2.09. The summed E-state index contributed by atoms with van der Waals surface area (Å²) < 4.78 is 0. The number of nitrogens with two attached hydrogens (primary N) is 1. The quantitative estimate of drug-likeness (QED) is 0.326. The minimum Gasteiger partial charge on any atom is -0.480 e. The van der Waals surface area contributed by atoms with E-state index in [0.717, 1.165) is 0 Å². The van der Waals surface area contributed by atoms with E-state index in [1.807, 2.05) is 27.7 Å². The van der Waals surface area contributed by atoms with Crippen LogP contribution in [0.15, 0.2) is 0 Å². The van der Waals surface area contributed by atoms with Crippen molar-refractivity contribution in [3.05, 3.63) is 0 Å². The molecule has 0 aliphatic heterocycles. The molecule has 0 rings (SSSR count). The fraction of sp³-hybridized carbons (Fsp3) is 0.750. The third kappa shape index (κ3) is 11.1. The summed E-state index contributed by atoms with van der Waals surface area (Å²) in [4.78, 5) is 46.1. The molecule has 0 aliphatic rings. The lowest BCUT2D eigenvalue weighted by Crippen LogP contribution is -2.48. The molecule has 3 amide bonds. The Hall–Kier alpha value is -2.16. The molecule has 0 spiro atoms. The summed E-state index contributed by atoms with van der Waals surface area (Å²) in [5.41, 5.74) is 5.69. The molecule has 0 heterocycles. The second-order valence-corrected chi connectivity index (χ2v) is 6.82. The van der Waals surface area contributed by atoms with Gasteiger partial charge in [-0.3, -0.25) is 14.4 Å². The molecule has 0 radical (unpaired) electrons. The van der Waals surface area contributed by atoms with Crippen LogP contribution in [0.3, 0.4) is 0 Å². The lowest BCUT2D eigenvalue weighted by Gasteiger charge is -2.17. The predicted octanol–water partition coefficient (Wildman–Crippen LogP) is -0.792. The van der Waals surface area contributed by atoms with E-state index in [2.05, 4.69) is 16.0 Å². The second-order valence-electron chi connectivity index (χ2n) is 6.82. The summed E-state index contributed by atoms with van der Waals surface area (Å²) in [6, 6.07) is -1.69. The molecule has 25 heavy (non-hydrogen) atoms. The standard InChI is InChI=1S/C16H30N4O5/c1-9(2)5-11(17)15(23)19-7-13(21)18-8-14(22)20-12(16(24)25)6-10(3)4/h9-12H,5-8,17H2,1-4H3,(H,18,21)(H,19,23)(H,20,22)(H,24,25). The first-order valence-corrected chi connectivity index (χ1v) is 8.35. The van der Waals surface area contributed by atoms with Gasteiger partial charge in [0.1, 0.15) is 6.04 Å². The highest BCUT2D eigenvalue weighted by atomic mass is 16.4. The van der Waals surface area contributed by atoms with Gasteiger partial charge in [0.05, 0.1) is 19.1 Å². The van der Waals surface area contributed by atoms with Gasteiger partial charge in [0.25, 0.3) is 0 Å². The first-order valence-electron chi connectivity index (χ1n) is 8.35. The number of rotatable bonds is 11. The van der Waals surface area contributed by atoms with E-state index < -0.39 is 35.8 Å². The summed E-state index contributed by atoms with van der Waals surface area (Å²) >= 11 is 0. The van der Waals surface area contributed by atoms with Crippen LogP contribution in [0.25, 0.3) is 0 Å². The Morgan fingerprint density at radius 1 is 0.880 bits per heavy atom. The van der Waals surface area contributed by atoms with Gasteiger partial charge in [0, 0.05) is 0 Å². The van der Waals surface area contributed by atoms with Gasteiger partial charge >= 0.3 is 5.97 Å². The number of hydrogen-bond donors (Lipinski definition) is 5. The zero-order valence-electron chi connectivity index (χ0n) is 15.3. The van der Waals surface area contributed by atoms with Crippen LogP contribution in [0.1, 0.15) is 40.5 Å². The zero-order valence-corrected chi connectivity index (χ0v) is 15.3. The van der Waals surface area contributed by atoms with Crippen LogP contribution in [-0.2, 0) is 19.2 Å². The van der Waals surface area contributed by atoms with E-state index in [1.165, 1.54) is 0 Å². The normalized spacial score (nSPS) is 13.2. The summed E-state index contributed by atoms with van der Waals surface area (Å²) in [5, 5.41) is 16.1. The number of nitrogens with one attached hydrogen (secondary N) is 3. The summed E-state index contributed by atoms with van der Waals surface area (Å²) in [6.45, 7) is 6.89. The predicted molar refractivity (Wildman–Crippen MR) is 92.5 cm³/mol. The Kier molecular flexibility index (Phi) is 10.4. The average Bonchev–Trinajstić information content (AvgIpc) is 2.48. The highest BCUT2D eigenvalue weighted by Gasteiger charge is 2.21. The van der Waals surface area contributed by atoms with E-state index in [1.54, 1.807) is 0 Å². The molecular formula is C16H30N4O5. The van der Waals surface area contributed by atoms with E-state index >= 15 is 0 Å². The lowest BCUT2D eigenvalue weighted by atomic mass is 10.0. The fourth-order valence-electron chi connectivity index (χ4n) is 2.09. The monoisotopic (exact) mass is 358 g/mol. The second kappa shape index (κ2) is 11.4. The Morgan fingerprint density at radius 2 is 1.40 bits per heavy atom. The highest BCUT2D eigenvalue weighted by Crippen LogP contribution is 2.04. The summed E-state index contributed by atoms with van der Waals surface area (Å²) in [7, 11) is 0. The Bertz CT molecular complexity index is 479. The third-order valence-corrected chi connectivity index (χ3v) is 3.27. The van der Waals surface area contributed by atoms with Crippen molar-refractivity contribution < 1.29 is 24.3 Å². The van der Waals surface area contributed by atoms with Crippen molar-refractivity contribution in [3.63, 3.8) is 0 Å². The highest BCUT2D eigenvalue weighted by molar-refractivity contribution is 5.90. The van der Waals surface area contributed by atoms with Crippen molar-refractivity contribution in [1.29, 1.82) is 0 Å². The van der Waals surface area contributed by atoms with Gasteiger partial charge in [-0.1, -0.05) is 27.7 Å². The van der Waals surface area contributed by atoms with Gasteiger partial charge in [-0.05, 0) is 24.7 Å². The molecule has 9 nitrogen and oxygen atoms in total. The third-order valence-electron chi connectivity index (χ3n) is 3.27. The smallest absolute Gasteiger partial charge is 0.326 e. The molecule has 2 atom stereocenters.